The number of likely N-dealkylation sites (tertiary alicyclic amines) is 1. The van der Waals surface area contributed by atoms with Gasteiger partial charge in [-0.1, -0.05) is 24.3 Å². The summed E-state index contributed by atoms with van der Waals surface area (Å²) in [6, 6.07) is 10.3. The second-order valence-electron chi connectivity index (χ2n) is 5.22. The Morgan fingerprint density at radius 1 is 1.45 bits per heavy atom. The van der Waals surface area contributed by atoms with E-state index in [9.17, 15) is 4.79 Å². The van der Waals surface area contributed by atoms with Crippen molar-refractivity contribution in [1.29, 1.82) is 5.26 Å². The molecule has 0 spiro atoms. The number of carbonyl (C=O) groups excluding carboxylic acids is 1. The van der Waals surface area contributed by atoms with Crippen molar-refractivity contribution in [3.63, 3.8) is 0 Å². The second-order valence-corrected chi connectivity index (χ2v) is 5.22. The molecule has 4 nitrogen and oxygen atoms in total. The molecule has 20 heavy (non-hydrogen) atoms. The number of nitrogens with zero attached hydrogens (tertiary/aromatic N) is 2. The van der Waals surface area contributed by atoms with E-state index in [1.165, 1.54) is 7.11 Å². The summed E-state index contributed by atoms with van der Waals surface area (Å²) in [4.78, 5) is 13.7. The van der Waals surface area contributed by atoms with Crippen LogP contribution >= 0.6 is 0 Å². The molecule has 1 fully saturated rings. The van der Waals surface area contributed by atoms with Gasteiger partial charge < -0.3 is 4.74 Å². The van der Waals surface area contributed by atoms with Crippen molar-refractivity contribution < 1.29 is 9.53 Å². The number of esters is 1. The molecule has 0 bridgehead atoms. The van der Waals surface area contributed by atoms with E-state index >= 15 is 0 Å². The molecule has 1 aliphatic heterocycles. The van der Waals surface area contributed by atoms with Gasteiger partial charge in [0.1, 0.15) is 0 Å². The van der Waals surface area contributed by atoms with Crippen LogP contribution in [0.5, 0.6) is 0 Å². The zero-order chi connectivity index (χ0) is 14.4. The molecular weight excluding hydrogens is 252 g/mol. The van der Waals surface area contributed by atoms with E-state index in [1.807, 2.05) is 24.3 Å². The van der Waals surface area contributed by atoms with Crippen molar-refractivity contribution >= 4 is 5.97 Å². The highest BCUT2D eigenvalue weighted by Gasteiger charge is 2.20. The number of ether oxygens (including phenoxy) is 1. The van der Waals surface area contributed by atoms with E-state index in [2.05, 4.69) is 11.0 Å². The van der Waals surface area contributed by atoms with Gasteiger partial charge in [0.2, 0.25) is 0 Å². The van der Waals surface area contributed by atoms with Crippen LogP contribution in [-0.2, 0) is 22.5 Å². The van der Waals surface area contributed by atoms with Crippen molar-refractivity contribution in [1.82, 2.24) is 4.90 Å². The Hall–Kier alpha value is -1.86. The Morgan fingerprint density at radius 3 is 2.90 bits per heavy atom. The van der Waals surface area contributed by atoms with Gasteiger partial charge in [-0.05, 0) is 30.5 Å². The van der Waals surface area contributed by atoms with Crippen molar-refractivity contribution in [2.24, 2.45) is 5.92 Å². The SMILES string of the molecule is COC(=O)Cc1ccccc1CN1CCCC(C#N)C1. The molecule has 0 radical (unpaired) electrons. The second kappa shape index (κ2) is 7.06. The molecule has 1 aromatic carbocycles. The van der Waals surface area contributed by atoms with Gasteiger partial charge in [0.15, 0.2) is 0 Å². The lowest BCUT2D eigenvalue weighted by molar-refractivity contribution is -0.139. The smallest absolute Gasteiger partial charge is 0.309 e. The number of hydrogen-bond acceptors (Lipinski definition) is 4. The molecule has 0 saturated carbocycles. The number of rotatable bonds is 4. The predicted octanol–water partition coefficient (Wildman–Crippen LogP) is 2.14. The van der Waals surface area contributed by atoms with Crippen molar-refractivity contribution in [3.05, 3.63) is 35.4 Å². The van der Waals surface area contributed by atoms with Gasteiger partial charge in [-0.2, -0.15) is 5.26 Å². The minimum Gasteiger partial charge on any atom is -0.469 e. The Morgan fingerprint density at radius 2 is 2.20 bits per heavy atom. The number of piperidine rings is 1. The Bertz CT molecular complexity index is 507. The average molecular weight is 272 g/mol. The van der Waals surface area contributed by atoms with Gasteiger partial charge in [0.05, 0.1) is 25.5 Å². The van der Waals surface area contributed by atoms with Crippen molar-refractivity contribution in [2.75, 3.05) is 20.2 Å². The summed E-state index contributed by atoms with van der Waals surface area (Å²) in [5.41, 5.74) is 2.16. The van der Waals surface area contributed by atoms with Crippen molar-refractivity contribution in [2.45, 2.75) is 25.8 Å². The zero-order valence-corrected chi connectivity index (χ0v) is 11.8. The average Bonchev–Trinajstić information content (AvgIpc) is 2.49. The third-order valence-electron chi connectivity index (χ3n) is 3.76. The van der Waals surface area contributed by atoms with Crippen LogP contribution in [0.2, 0.25) is 0 Å². The molecule has 1 aromatic rings. The molecule has 0 aromatic heterocycles. The molecule has 0 aliphatic carbocycles. The van der Waals surface area contributed by atoms with Crippen LogP contribution in [0.3, 0.4) is 0 Å². The van der Waals surface area contributed by atoms with Crippen LogP contribution < -0.4 is 0 Å². The molecule has 0 N–H and O–H groups in total. The quantitative estimate of drug-likeness (QED) is 0.788. The number of methoxy groups -OCH3 is 1. The van der Waals surface area contributed by atoms with Gasteiger partial charge in [-0.3, -0.25) is 9.69 Å². The molecule has 4 heteroatoms. The maximum atomic E-state index is 11.4. The number of nitriles is 1. The minimum atomic E-state index is -0.217. The zero-order valence-electron chi connectivity index (χ0n) is 11.8. The van der Waals surface area contributed by atoms with Crippen LogP contribution in [-0.4, -0.2) is 31.1 Å². The van der Waals surface area contributed by atoms with Gasteiger partial charge in [0, 0.05) is 13.1 Å². The minimum absolute atomic E-state index is 0.136. The fraction of sp³-hybridized carbons (Fsp3) is 0.500. The predicted molar refractivity (Wildman–Crippen MR) is 75.8 cm³/mol. The maximum absolute atomic E-state index is 11.4. The standard InChI is InChI=1S/C16H20N2O2/c1-20-16(19)9-14-6-2-3-7-15(14)12-18-8-4-5-13(10-17)11-18/h2-3,6-7,13H,4-5,8-9,11-12H2,1H3. The van der Waals surface area contributed by atoms with Gasteiger partial charge in [-0.25, -0.2) is 0 Å². The third kappa shape index (κ3) is 3.82. The Kier molecular flexibility index (Phi) is 5.14. The van der Waals surface area contributed by atoms with Gasteiger partial charge in [-0.15, -0.1) is 0 Å². The molecule has 1 atom stereocenters. The summed E-state index contributed by atoms with van der Waals surface area (Å²) in [5.74, 6) is -0.0810. The molecule has 1 heterocycles. The highest BCUT2D eigenvalue weighted by molar-refractivity contribution is 5.72. The third-order valence-corrected chi connectivity index (χ3v) is 3.76. The fourth-order valence-corrected chi connectivity index (χ4v) is 2.66. The first-order valence-corrected chi connectivity index (χ1v) is 6.98. The van der Waals surface area contributed by atoms with Crippen molar-refractivity contribution in [3.8, 4) is 6.07 Å². The molecule has 0 amide bonds. The molecule has 106 valence electrons. The fourth-order valence-electron chi connectivity index (χ4n) is 2.66. The monoisotopic (exact) mass is 272 g/mol. The Balaban J connectivity index is 2.05. The van der Waals surface area contributed by atoms with E-state index in [1.54, 1.807) is 0 Å². The number of carbonyl (C=O) groups is 1. The Labute approximate surface area is 120 Å². The summed E-state index contributed by atoms with van der Waals surface area (Å²) >= 11 is 0. The summed E-state index contributed by atoms with van der Waals surface area (Å²) < 4.78 is 4.74. The van der Waals surface area contributed by atoms with E-state index in [-0.39, 0.29) is 11.9 Å². The molecule has 1 unspecified atom stereocenters. The lowest BCUT2D eigenvalue weighted by Gasteiger charge is -2.30. The van der Waals surface area contributed by atoms with Crippen LogP contribution in [0.4, 0.5) is 0 Å². The normalized spacial score (nSPS) is 19.3. The molecule has 1 saturated heterocycles. The van der Waals surface area contributed by atoms with E-state index in [0.29, 0.717) is 6.42 Å². The lowest BCUT2D eigenvalue weighted by atomic mass is 9.98. The van der Waals surface area contributed by atoms with Crippen LogP contribution in [0.15, 0.2) is 24.3 Å². The van der Waals surface area contributed by atoms with Gasteiger partial charge >= 0.3 is 5.97 Å². The highest BCUT2D eigenvalue weighted by Crippen LogP contribution is 2.19. The molecule has 2 rings (SSSR count). The summed E-state index contributed by atoms with van der Waals surface area (Å²) in [6.07, 6.45) is 2.37. The summed E-state index contributed by atoms with van der Waals surface area (Å²) in [7, 11) is 1.41. The molecule has 1 aliphatic rings. The highest BCUT2D eigenvalue weighted by atomic mass is 16.5. The first kappa shape index (κ1) is 14.5. The largest absolute Gasteiger partial charge is 0.469 e. The number of hydrogen-bond donors (Lipinski definition) is 0. The van der Waals surface area contributed by atoms with Crippen LogP contribution in [0.1, 0.15) is 24.0 Å². The first-order valence-electron chi connectivity index (χ1n) is 6.98. The van der Waals surface area contributed by atoms with Crippen LogP contribution in [0, 0.1) is 17.2 Å². The summed E-state index contributed by atoms with van der Waals surface area (Å²) in [5, 5.41) is 9.04. The topological polar surface area (TPSA) is 53.3 Å². The van der Waals surface area contributed by atoms with Crippen LogP contribution in [0.25, 0.3) is 0 Å². The summed E-state index contributed by atoms with van der Waals surface area (Å²) in [6.45, 7) is 2.64. The first-order chi connectivity index (χ1) is 9.72. The van der Waals surface area contributed by atoms with E-state index in [4.69, 9.17) is 10.00 Å². The maximum Gasteiger partial charge on any atom is 0.309 e. The molecular formula is C16H20N2O2. The van der Waals surface area contributed by atoms with Gasteiger partial charge in [0.25, 0.3) is 0 Å². The lowest BCUT2D eigenvalue weighted by Crippen LogP contribution is -2.34. The van der Waals surface area contributed by atoms with E-state index in [0.717, 1.165) is 43.6 Å². The number of benzene rings is 1. The van der Waals surface area contributed by atoms with E-state index < -0.39 is 0 Å².